The molecule has 146 valence electrons. The number of hydrogen-bond donors (Lipinski definition) is 2. The Morgan fingerprint density at radius 2 is 1.96 bits per heavy atom. The van der Waals surface area contributed by atoms with Gasteiger partial charge in [-0.1, -0.05) is 11.6 Å². The van der Waals surface area contributed by atoms with Gasteiger partial charge in [-0.05, 0) is 64.4 Å². The maximum Gasteiger partial charge on any atom is 0.410 e. The summed E-state index contributed by atoms with van der Waals surface area (Å²) in [7, 11) is 0. The lowest BCUT2D eigenvalue weighted by molar-refractivity contribution is 0.0270. The number of aliphatic hydroxyl groups is 1. The van der Waals surface area contributed by atoms with Crippen LogP contribution < -0.4 is 10.1 Å². The highest BCUT2D eigenvalue weighted by Gasteiger charge is 2.28. The van der Waals surface area contributed by atoms with Crippen LogP contribution in [0.25, 0.3) is 0 Å². The van der Waals surface area contributed by atoms with Crippen molar-refractivity contribution in [3.8, 4) is 5.75 Å². The van der Waals surface area contributed by atoms with Gasteiger partial charge in [-0.2, -0.15) is 0 Å². The van der Waals surface area contributed by atoms with E-state index in [-0.39, 0.29) is 12.2 Å². The van der Waals surface area contributed by atoms with Gasteiger partial charge in [0.2, 0.25) is 0 Å². The third-order valence-corrected chi connectivity index (χ3v) is 4.20. The number of ether oxygens (including phenoxy) is 2. The molecule has 6 nitrogen and oxygen atoms in total. The highest BCUT2D eigenvalue weighted by atomic mass is 35.5. The molecule has 2 saturated heterocycles. The van der Waals surface area contributed by atoms with Crippen LogP contribution in [0.3, 0.4) is 0 Å². The largest absolute Gasteiger partial charge is 0.489 e. The van der Waals surface area contributed by atoms with Crippen LogP contribution in [-0.2, 0) is 4.74 Å². The third-order valence-electron chi connectivity index (χ3n) is 3.95. The maximum absolute atomic E-state index is 11.4. The first-order valence-electron chi connectivity index (χ1n) is 9.02. The third kappa shape index (κ3) is 7.40. The van der Waals surface area contributed by atoms with Crippen LogP contribution in [0, 0.1) is 0 Å². The number of hydrogen-bond acceptors (Lipinski definition) is 5. The van der Waals surface area contributed by atoms with Gasteiger partial charge in [-0.25, -0.2) is 4.79 Å². The molecule has 26 heavy (non-hydrogen) atoms. The molecular formula is C19H29ClN2O4. The predicted octanol–water partition coefficient (Wildman–Crippen LogP) is 3.07. The van der Waals surface area contributed by atoms with Crippen molar-refractivity contribution >= 4 is 17.7 Å². The zero-order valence-electron chi connectivity index (χ0n) is 15.7. The van der Waals surface area contributed by atoms with Gasteiger partial charge in [0.15, 0.2) is 0 Å². The SMILES string of the molecule is CC(C)(C)OC(=O)N1CCC(O)C1.Clc1ccc(OC2CCNC2)cc1. The summed E-state index contributed by atoms with van der Waals surface area (Å²) in [6, 6.07) is 7.50. The van der Waals surface area contributed by atoms with Gasteiger partial charge in [0.1, 0.15) is 17.5 Å². The van der Waals surface area contributed by atoms with Crippen LogP contribution in [0.2, 0.25) is 5.02 Å². The molecule has 0 spiro atoms. The fourth-order valence-corrected chi connectivity index (χ4v) is 2.79. The van der Waals surface area contributed by atoms with Crippen molar-refractivity contribution in [3.05, 3.63) is 29.3 Å². The molecule has 0 saturated carbocycles. The zero-order valence-corrected chi connectivity index (χ0v) is 16.5. The Hall–Kier alpha value is -1.50. The highest BCUT2D eigenvalue weighted by Crippen LogP contribution is 2.18. The lowest BCUT2D eigenvalue weighted by atomic mass is 10.2. The molecule has 2 unspecified atom stereocenters. The minimum absolute atomic E-state index is 0.321. The van der Waals surface area contributed by atoms with E-state index in [2.05, 4.69) is 5.32 Å². The lowest BCUT2D eigenvalue weighted by Crippen LogP contribution is -2.35. The summed E-state index contributed by atoms with van der Waals surface area (Å²) in [6.07, 6.45) is 1.35. The molecule has 7 heteroatoms. The van der Waals surface area contributed by atoms with E-state index in [4.69, 9.17) is 21.1 Å². The smallest absolute Gasteiger partial charge is 0.410 e. The van der Waals surface area contributed by atoms with E-state index in [0.717, 1.165) is 30.3 Å². The fraction of sp³-hybridized carbons (Fsp3) is 0.632. The summed E-state index contributed by atoms with van der Waals surface area (Å²) < 4.78 is 10.9. The Labute approximate surface area is 160 Å². The minimum atomic E-state index is -0.454. The number of benzene rings is 1. The quantitative estimate of drug-likeness (QED) is 0.819. The first kappa shape index (κ1) is 20.8. The molecule has 0 aromatic heterocycles. The molecule has 2 fully saturated rings. The lowest BCUT2D eigenvalue weighted by Gasteiger charge is -2.24. The Morgan fingerprint density at radius 3 is 2.46 bits per heavy atom. The Bertz CT molecular complexity index is 568. The van der Waals surface area contributed by atoms with Crippen LogP contribution in [-0.4, -0.2) is 60.1 Å². The Kier molecular flexibility index (Phi) is 7.55. The summed E-state index contributed by atoms with van der Waals surface area (Å²) in [5.74, 6) is 0.901. The molecule has 2 aliphatic rings. The average Bonchev–Trinajstić information content (AvgIpc) is 3.20. The summed E-state index contributed by atoms with van der Waals surface area (Å²) in [4.78, 5) is 12.9. The zero-order chi connectivity index (χ0) is 19.2. The monoisotopic (exact) mass is 384 g/mol. The van der Waals surface area contributed by atoms with Crippen molar-refractivity contribution in [2.24, 2.45) is 0 Å². The van der Waals surface area contributed by atoms with Gasteiger partial charge in [0.05, 0.1) is 6.10 Å². The highest BCUT2D eigenvalue weighted by molar-refractivity contribution is 6.30. The fourth-order valence-electron chi connectivity index (χ4n) is 2.67. The van der Waals surface area contributed by atoms with Crippen molar-refractivity contribution in [3.63, 3.8) is 0 Å². The maximum atomic E-state index is 11.4. The van der Waals surface area contributed by atoms with E-state index < -0.39 is 5.60 Å². The second-order valence-electron chi connectivity index (χ2n) is 7.56. The Balaban J connectivity index is 0.000000187. The molecular weight excluding hydrogens is 356 g/mol. The molecule has 2 heterocycles. The van der Waals surface area contributed by atoms with E-state index in [1.54, 1.807) is 0 Å². The number of β-amino-alcohol motifs (C(OH)–C–C–N with tert-alkyl or cyclic N) is 1. The molecule has 1 amide bonds. The molecule has 2 N–H and O–H groups in total. The number of rotatable bonds is 2. The summed E-state index contributed by atoms with van der Waals surface area (Å²) >= 11 is 5.76. The topological polar surface area (TPSA) is 71.0 Å². The number of halogens is 1. The van der Waals surface area contributed by atoms with Crippen molar-refractivity contribution in [2.45, 2.75) is 51.4 Å². The van der Waals surface area contributed by atoms with E-state index in [1.165, 1.54) is 4.90 Å². The molecule has 3 rings (SSSR count). The Morgan fingerprint density at radius 1 is 1.27 bits per heavy atom. The van der Waals surface area contributed by atoms with E-state index >= 15 is 0 Å². The van der Waals surface area contributed by atoms with Gasteiger partial charge in [-0.15, -0.1) is 0 Å². The number of amides is 1. The van der Waals surface area contributed by atoms with Crippen LogP contribution in [0.1, 0.15) is 33.6 Å². The van der Waals surface area contributed by atoms with Crippen LogP contribution >= 0.6 is 11.6 Å². The number of aliphatic hydroxyl groups excluding tert-OH is 1. The minimum Gasteiger partial charge on any atom is -0.489 e. The summed E-state index contributed by atoms with van der Waals surface area (Å²) in [5, 5.41) is 13.2. The van der Waals surface area contributed by atoms with Crippen LogP contribution in [0.5, 0.6) is 5.75 Å². The first-order chi connectivity index (χ1) is 12.2. The molecule has 0 radical (unpaired) electrons. The molecule has 0 bridgehead atoms. The van der Waals surface area contributed by atoms with Gasteiger partial charge in [-0.3, -0.25) is 0 Å². The molecule has 2 aliphatic heterocycles. The number of carbonyl (C=O) groups is 1. The number of carbonyl (C=O) groups excluding carboxylic acids is 1. The van der Waals surface area contributed by atoms with Crippen molar-refractivity contribution in [1.82, 2.24) is 10.2 Å². The van der Waals surface area contributed by atoms with Gasteiger partial charge < -0.3 is 24.8 Å². The second-order valence-corrected chi connectivity index (χ2v) is 7.99. The summed E-state index contributed by atoms with van der Waals surface area (Å²) in [5.41, 5.74) is -0.454. The predicted molar refractivity (Wildman–Crippen MR) is 102 cm³/mol. The molecule has 0 aliphatic carbocycles. The van der Waals surface area contributed by atoms with Gasteiger partial charge in [0.25, 0.3) is 0 Å². The van der Waals surface area contributed by atoms with Crippen LogP contribution in [0.4, 0.5) is 4.79 Å². The standard InChI is InChI=1S/C10H12ClNO.C9H17NO3/c11-8-1-3-9(4-2-8)13-10-5-6-12-7-10;1-9(2,3)13-8(12)10-5-4-7(11)6-10/h1-4,10,12H,5-7H2;7,11H,4-6H2,1-3H3. The normalized spacial score (nSPS) is 22.6. The number of nitrogens with zero attached hydrogens (tertiary/aromatic N) is 1. The van der Waals surface area contributed by atoms with Gasteiger partial charge >= 0.3 is 6.09 Å². The summed E-state index contributed by atoms with van der Waals surface area (Å²) in [6.45, 7) is 8.48. The second kappa shape index (κ2) is 9.44. The molecule has 1 aromatic carbocycles. The number of nitrogens with one attached hydrogen (secondary N) is 1. The first-order valence-corrected chi connectivity index (χ1v) is 9.39. The van der Waals surface area contributed by atoms with E-state index in [9.17, 15) is 9.90 Å². The molecule has 1 aromatic rings. The van der Waals surface area contributed by atoms with Gasteiger partial charge in [0, 0.05) is 24.7 Å². The van der Waals surface area contributed by atoms with Crippen molar-refractivity contribution < 1.29 is 19.4 Å². The van der Waals surface area contributed by atoms with Crippen LogP contribution in [0.15, 0.2) is 24.3 Å². The average molecular weight is 385 g/mol. The van der Waals surface area contributed by atoms with E-state index in [1.807, 2.05) is 45.0 Å². The number of likely N-dealkylation sites (tertiary alicyclic amines) is 1. The van der Waals surface area contributed by atoms with E-state index in [0.29, 0.717) is 25.6 Å². The van der Waals surface area contributed by atoms with Crippen molar-refractivity contribution in [1.29, 1.82) is 0 Å². The van der Waals surface area contributed by atoms with Crippen molar-refractivity contribution in [2.75, 3.05) is 26.2 Å². The molecule has 2 atom stereocenters.